The summed E-state index contributed by atoms with van der Waals surface area (Å²) in [5.74, 6) is 0.844. The van der Waals surface area contributed by atoms with Crippen molar-refractivity contribution in [2.75, 3.05) is 20.7 Å². The lowest BCUT2D eigenvalue weighted by atomic mass is 10.2. The van der Waals surface area contributed by atoms with E-state index in [1.165, 1.54) is 30.6 Å². The number of amides is 1. The van der Waals surface area contributed by atoms with Crippen molar-refractivity contribution in [1.82, 2.24) is 9.62 Å². The van der Waals surface area contributed by atoms with Crippen molar-refractivity contribution < 1.29 is 22.7 Å². The number of benzene rings is 2. The van der Waals surface area contributed by atoms with Crippen molar-refractivity contribution in [3.05, 3.63) is 54.6 Å². The Hall–Kier alpha value is -2.58. The van der Waals surface area contributed by atoms with Crippen LogP contribution in [0, 0.1) is 0 Å². The van der Waals surface area contributed by atoms with E-state index in [4.69, 9.17) is 9.47 Å². The molecule has 3 rings (SSSR count). The fraction of sp³-hybridized carbons (Fsp3) is 0.316. The highest BCUT2D eigenvalue weighted by atomic mass is 32.2. The molecule has 1 heterocycles. The topological polar surface area (TPSA) is 84.9 Å². The Bertz CT molecular complexity index is 884. The molecule has 1 amide bonds. The van der Waals surface area contributed by atoms with Gasteiger partial charge in [-0.3, -0.25) is 4.79 Å². The molecule has 2 atom stereocenters. The smallest absolute Gasteiger partial charge is 0.243 e. The molecular weight excluding hydrogens is 368 g/mol. The Kier molecular flexibility index (Phi) is 5.67. The van der Waals surface area contributed by atoms with Crippen LogP contribution in [0.1, 0.15) is 6.42 Å². The van der Waals surface area contributed by atoms with E-state index in [2.05, 4.69) is 5.32 Å². The number of hydrogen-bond acceptors (Lipinski definition) is 5. The van der Waals surface area contributed by atoms with Crippen LogP contribution in [0.15, 0.2) is 59.5 Å². The molecule has 1 aliphatic heterocycles. The minimum Gasteiger partial charge on any atom is -0.497 e. The second-order valence-corrected chi connectivity index (χ2v) is 8.06. The normalized spacial score (nSPS) is 20.2. The number of carbonyl (C=O) groups is 1. The van der Waals surface area contributed by atoms with Crippen LogP contribution in [0.5, 0.6) is 11.5 Å². The number of hydrogen-bond donors (Lipinski definition) is 1. The maximum atomic E-state index is 13.1. The minimum atomic E-state index is -3.86. The molecule has 8 heteroatoms. The van der Waals surface area contributed by atoms with E-state index < -0.39 is 22.2 Å². The Morgan fingerprint density at radius 1 is 1.07 bits per heavy atom. The van der Waals surface area contributed by atoms with Crippen LogP contribution < -0.4 is 14.8 Å². The van der Waals surface area contributed by atoms with Crippen LogP contribution in [0.2, 0.25) is 0 Å². The molecule has 0 unspecified atom stereocenters. The van der Waals surface area contributed by atoms with Gasteiger partial charge in [0.05, 0.1) is 18.6 Å². The number of para-hydroxylation sites is 1. The number of likely N-dealkylation sites (N-methyl/N-ethyl adjacent to an activating group) is 1. The maximum Gasteiger partial charge on any atom is 0.243 e. The summed E-state index contributed by atoms with van der Waals surface area (Å²) >= 11 is 0. The monoisotopic (exact) mass is 390 g/mol. The zero-order valence-electron chi connectivity index (χ0n) is 15.2. The van der Waals surface area contributed by atoms with E-state index >= 15 is 0 Å². The van der Waals surface area contributed by atoms with E-state index in [-0.39, 0.29) is 23.8 Å². The van der Waals surface area contributed by atoms with Crippen molar-refractivity contribution >= 4 is 15.9 Å². The van der Waals surface area contributed by atoms with Gasteiger partial charge >= 0.3 is 0 Å². The molecule has 0 bridgehead atoms. The first-order valence-electron chi connectivity index (χ1n) is 8.55. The molecule has 2 aromatic rings. The van der Waals surface area contributed by atoms with Gasteiger partial charge in [0, 0.05) is 13.5 Å². The summed E-state index contributed by atoms with van der Waals surface area (Å²) in [6, 6.07) is 14.4. The van der Waals surface area contributed by atoms with Crippen molar-refractivity contribution in [3.8, 4) is 11.5 Å². The van der Waals surface area contributed by atoms with Crippen LogP contribution in [0.25, 0.3) is 0 Å². The van der Waals surface area contributed by atoms with E-state index in [1.54, 1.807) is 24.3 Å². The molecule has 1 saturated heterocycles. The predicted molar refractivity (Wildman–Crippen MR) is 100 cm³/mol. The van der Waals surface area contributed by atoms with Crippen molar-refractivity contribution in [2.24, 2.45) is 0 Å². The number of ether oxygens (including phenoxy) is 2. The third-order valence-electron chi connectivity index (χ3n) is 4.48. The highest BCUT2D eigenvalue weighted by molar-refractivity contribution is 7.89. The molecule has 27 heavy (non-hydrogen) atoms. The average molecular weight is 390 g/mol. The Morgan fingerprint density at radius 3 is 2.33 bits per heavy atom. The highest BCUT2D eigenvalue weighted by Gasteiger charge is 2.44. The van der Waals surface area contributed by atoms with Gasteiger partial charge < -0.3 is 14.8 Å². The molecule has 1 N–H and O–H groups in total. The Labute approximate surface area is 158 Å². The summed E-state index contributed by atoms with van der Waals surface area (Å²) < 4.78 is 38.4. The summed E-state index contributed by atoms with van der Waals surface area (Å²) in [6.45, 7) is 0.0986. The minimum absolute atomic E-state index is 0.0986. The standard InChI is InChI=1S/C19H22N2O5S/c1-20-19(22)18-12-16(26-15-6-4-3-5-7-15)13-21(18)27(23,24)17-10-8-14(25-2)9-11-17/h3-11,16,18H,12-13H2,1-2H3,(H,20,22)/t16-,18+/m0/s1. The second-order valence-electron chi connectivity index (χ2n) is 6.17. The molecule has 0 spiro atoms. The lowest BCUT2D eigenvalue weighted by molar-refractivity contribution is -0.123. The van der Waals surface area contributed by atoms with Gasteiger partial charge in [-0.25, -0.2) is 8.42 Å². The van der Waals surface area contributed by atoms with Crippen LogP contribution in [0.4, 0.5) is 0 Å². The first kappa shape index (κ1) is 19.2. The van der Waals surface area contributed by atoms with Crippen LogP contribution >= 0.6 is 0 Å². The predicted octanol–water partition coefficient (Wildman–Crippen LogP) is 1.65. The van der Waals surface area contributed by atoms with Crippen molar-refractivity contribution in [2.45, 2.75) is 23.5 Å². The SMILES string of the molecule is CNC(=O)[C@H]1C[C@H](Oc2ccccc2)CN1S(=O)(=O)c1ccc(OC)cc1. The number of methoxy groups -OCH3 is 1. The molecule has 0 saturated carbocycles. The van der Waals surface area contributed by atoms with Gasteiger partial charge in [-0.15, -0.1) is 0 Å². The number of nitrogens with zero attached hydrogens (tertiary/aromatic N) is 1. The number of carbonyl (C=O) groups excluding carboxylic acids is 1. The number of sulfonamides is 1. The van der Waals surface area contributed by atoms with Gasteiger partial charge in [0.25, 0.3) is 0 Å². The van der Waals surface area contributed by atoms with Gasteiger partial charge in [-0.2, -0.15) is 4.31 Å². The van der Waals surface area contributed by atoms with E-state index in [0.717, 1.165) is 0 Å². The third kappa shape index (κ3) is 4.06. The summed E-state index contributed by atoms with van der Waals surface area (Å²) in [5, 5.41) is 2.54. The first-order valence-corrected chi connectivity index (χ1v) is 9.99. The molecule has 2 aromatic carbocycles. The summed E-state index contributed by atoms with van der Waals surface area (Å²) in [7, 11) is -0.853. The number of rotatable bonds is 6. The Balaban J connectivity index is 1.86. The van der Waals surface area contributed by atoms with Gasteiger partial charge in [-0.1, -0.05) is 18.2 Å². The lowest BCUT2D eigenvalue weighted by Gasteiger charge is -2.22. The molecule has 0 aromatic heterocycles. The number of nitrogens with one attached hydrogen (secondary N) is 1. The zero-order valence-corrected chi connectivity index (χ0v) is 16.0. The van der Waals surface area contributed by atoms with Crippen molar-refractivity contribution in [3.63, 3.8) is 0 Å². The van der Waals surface area contributed by atoms with Crippen molar-refractivity contribution in [1.29, 1.82) is 0 Å². The first-order chi connectivity index (χ1) is 13.0. The quantitative estimate of drug-likeness (QED) is 0.811. The van der Waals surface area contributed by atoms with Gasteiger partial charge in [0.15, 0.2) is 0 Å². The van der Waals surface area contributed by atoms with Crippen LogP contribution in [0.3, 0.4) is 0 Å². The molecule has 1 aliphatic rings. The van der Waals surface area contributed by atoms with E-state index in [9.17, 15) is 13.2 Å². The molecule has 144 valence electrons. The summed E-state index contributed by atoms with van der Waals surface area (Å²) in [6.07, 6.45) is -0.132. The Morgan fingerprint density at radius 2 is 1.74 bits per heavy atom. The molecular formula is C19H22N2O5S. The third-order valence-corrected chi connectivity index (χ3v) is 6.37. The van der Waals surface area contributed by atoms with E-state index in [0.29, 0.717) is 11.5 Å². The fourth-order valence-electron chi connectivity index (χ4n) is 3.10. The van der Waals surface area contributed by atoms with Gasteiger partial charge in [-0.05, 0) is 36.4 Å². The summed E-state index contributed by atoms with van der Waals surface area (Å²) in [5.41, 5.74) is 0. The maximum absolute atomic E-state index is 13.1. The molecule has 0 aliphatic carbocycles. The molecule has 7 nitrogen and oxygen atoms in total. The lowest BCUT2D eigenvalue weighted by Crippen LogP contribution is -2.44. The van der Waals surface area contributed by atoms with E-state index in [1.807, 2.05) is 18.2 Å². The largest absolute Gasteiger partial charge is 0.497 e. The second kappa shape index (κ2) is 7.98. The summed E-state index contributed by atoms with van der Waals surface area (Å²) in [4.78, 5) is 12.4. The average Bonchev–Trinajstić information content (AvgIpc) is 3.13. The van der Waals surface area contributed by atoms with Crippen LogP contribution in [-0.4, -0.2) is 51.5 Å². The fourth-order valence-corrected chi connectivity index (χ4v) is 4.73. The van der Waals surface area contributed by atoms with Crippen LogP contribution in [-0.2, 0) is 14.8 Å². The van der Waals surface area contributed by atoms with Gasteiger partial charge in [0.1, 0.15) is 23.6 Å². The van der Waals surface area contributed by atoms with Gasteiger partial charge in [0.2, 0.25) is 15.9 Å². The zero-order chi connectivity index (χ0) is 19.4. The molecule has 0 radical (unpaired) electrons. The molecule has 1 fully saturated rings. The highest BCUT2D eigenvalue weighted by Crippen LogP contribution is 2.29.